The molecule has 0 aliphatic rings. The molecule has 5 nitrogen and oxygen atoms in total. The quantitative estimate of drug-likeness (QED) is 0.702. The van der Waals surface area contributed by atoms with Gasteiger partial charge in [-0.2, -0.15) is 13.2 Å². The maximum absolute atomic E-state index is 12.5. The van der Waals surface area contributed by atoms with Crippen molar-refractivity contribution in [1.82, 2.24) is 4.98 Å². The standard InChI is InChI=1S/C9H9F3N4OS/c10-9(11,12)5-2-1-4(7(14)18)8(16-5)15-3-6(13)17/h1-2H,3H2,(H2,13,17)(H2,14,18)(H,15,16). The smallest absolute Gasteiger partial charge is 0.389 e. The molecular weight excluding hydrogens is 269 g/mol. The van der Waals surface area contributed by atoms with Crippen LogP contribution in [0.1, 0.15) is 11.3 Å². The van der Waals surface area contributed by atoms with Crippen LogP contribution in [-0.2, 0) is 11.0 Å². The number of alkyl halides is 3. The summed E-state index contributed by atoms with van der Waals surface area (Å²) in [6.45, 7) is -0.371. The monoisotopic (exact) mass is 278 g/mol. The first-order valence-electron chi connectivity index (χ1n) is 4.62. The summed E-state index contributed by atoms with van der Waals surface area (Å²) in [5.41, 5.74) is 9.20. The Morgan fingerprint density at radius 3 is 2.44 bits per heavy atom. The highest BCUT2D eigenvalue weighted by molar-refractivity contribution is 7.80. The van der Waals surface area contributed by atoms with Crippen molar-refractivity contribution in [1.29, 1.82) is 0 Å². The van der Waals surface area contributed by atoms with Gasteiger partial charge in [0, 0.05) is 0 Å². The molecule has 0 bridgehead atoms. The number of carbonyl (C=O) groups excluding carboxylic acids is 1. The number of nitrogens with zero attached hydrogens (tertiary/aromatic N) is 1. The van der Waals surface area contributed by atoms with Gasteiger partial charge < -0.3 is 16.8 Å². The van der Waals surface area contributed by atoms with Gasteiger partial charge in [-0.3, -0.25) is 4.79 Å². The first-order chi connectivity index (χ1) is 8.21. The van der Waals surface area contributed by atoms with Crippen molar-refractivity contribution in [2.24, 2.45) is 11.5 Å². The lowest BCUT2D eigenvalue weighted by molar-refractivity contribution is -0.141. The topological polar surface area (TPSA) is 94.0 Å². The van der Waals surface area contributed by atoms with Gasteiger partial charge in [-0.25, -0.2) is 4.98 Å². The Balaban J connectivity index is 3.15. The number of carbonyl (C=O) groups is 1. The number of nitrogens with one attached hydrogen (secondary N) is 1. The van der Waals surface area contributed by atoms with E-state index in [1.807, 2.05) is 0 Å². The summed E-state index contributed by atoms with van der Waals surface area (Å²) < 4.78 is 37.4. The number of primary amides is 1. The molecule has 0 saturated carbocycles. The Hall–Kier alpha value is -1.90. The van der Waals surface area contributed by atoms with E-state index in [0.717, 1.165) is 12.1 Å². The molecule has 1 aromatic rings. The average molecular weight is 278 g/mol. The maximum atomic E-state index is 12.5. The van der Waals surface area contributed by atoms with Crippen LogP contribution < -0.4 is 16.8 Å². The number of nitrogens with two attached hydrogens (primary N) is 2. The highest BCUT2D eigenvalue weighted by Gasteiger charge is 2.33. The van der Waals surface area contributed by atoms with E-state index in [9.17, 15) is 18.0 Å². The zero-order valence-corrected chi connectivity index (χ0v) is 9.73. The van der Waals surface area contributed by atoms with Gasteiger partial charge in [0.1, 0.15) is 16.5 Å². The summed E-state index contributed by atoms with van der Waals surface area (Å²) >= 11 is 4.67. The fraction of sp³-hybridized carbons (Fsp3) is 0.222. The van der Waals surface area contributed by atoms with Crippen LogP contribution in [0.15, 0.2) is 12.1 Å². The lowest BCUT2D eigenvalue weighted by Crippen LogP contribution is -2.25. The molecule has 18 heavy (non-hydrogen) atoms. The molecule has 0 spiro atoms. The van der Waals surface area contributed by atoms with E-state index in [4.69, 9.17) is 11.5 Å². The third kappa shape index (κ3) is 3.55. The molecule has 98 valence electrons. The van der Waals surface area contributed by atoms with Gasteiger partial charge in [0.2, 0.25) is 5.91 Å². The van der Waals surface area contributed by atoms with E-state index in [-0.39, 0.29) is 22.9 Å². The summed E-state index contributed by atoms with van der Waals surface area (Å²) in [6.07, 6.45) is -4.60. The minimum Gasteiger partial charge on any atom is -0.389 e. The summed E-state index contributed by atoms with van der Waals surface area (Å²) in [4.78, 5) is 13.8. The van der Waals surface area contributed by atoms with E-state index >= 15 is 0 Å². The number of amides is 1. The van der Waals surface area contributed by atoms with Crippen molar-refractivity contribution in [3.63, 3.8) is 0 Å². The molecule has 1 aromatic heterocycles. The first kappa shape index (κ1) is 14.2. The van der Waals surface area contributed by atoms with Crippen molar-refractivity contribution < 1.29 is 18.0 Å². The molecular formula is C9H9F3N4OS. The number of rotatable bonds is 4. The van der Waals surface area contributed by atoms with Gasteiger partial charge in [-0.1, -0.05) is 12.2 Å². The van der Waals surface area contributed by atoms with E-state index in [0.29, 0.717) is 0 Å². The maximum Gasteiger partial charge on any atom is 0.433 e. The fourth-order valence-electron chi connectivity index (χ4n) is 1.12. The lowest BCUT2D eigenvalue weighted by atomic mass is 10.2. The fourth-order valence-corrected chi connectivity index (χ4v) is 1.29. The molecule has 0 atom stereocenters. The van der Waals surface area contributed by atoms with Crippen LogP contribution in [0.5, 0.6) is 0 Å². The minimum absolute atomic E-state index is 0.110. The SMILES string of the molecule is NC(=O)CNc1nc(C(F)(F)F)ccc1C(N)=S. The zero-order chi connectivity index (χ0) is 13.9. The summed E-state index contributed by atoms with van der Waals surface area (Å²) in [6, 6.07) is 1.84. The Labute approximate surface area is 105 Å². The molecule has 0 fully saturated rings. The highest BCUT2D eigenvalue weighted by atomic mass is 32.1. The second-order valence-corrected chi connectivity index (χ2v) is 3.71. The van der Waals surface area contributed by atoms with Gasteiger partial charge >= 0.3 is 6.18 Å². The van der Waals surface area contributed by atoms with E-state index < -0.39 is 17.8 Å². The van der Waals surface area contributed by atoms with E-state index in [1.165, 1.54) is 0 Å². The second kappa shape index (κ2) is 5.17. The minimum atomic E-state index is -4.60. The molecule has 0 saturated heterocycles. The molecule has 9 heteroatoms. The molecule has 0 aliphatic heterocycles. The Morgan fingerprint density at radius 2 is 2.00 bits per heavy atom. The third-order valence-corrected chi connectivity index (χ3v) is 2.10. The van der Waals surface area contributed by atoms with Crippen LogP contribution >= 0.6 is 12.2 Å². The number of halogens is 3. The largest absolute Gasteiger partial charge is 0.433 e. The first-order valence-corrected chi connectivity index (χ1v) is 5.03. The molecule has 1 rings (SSSR count). The number of anilines is 1. The summed E-state index contributed by atoms with van der Waals surface area (Å²) in [5, 5.41) is 2.35. The van der Waals surface area contributed by atoms with Crippen molar-refractivity contribution in [3.8, 4) is 0 Å². The van der Waals surface area contributed by atoms with Crippen molar-refractivity contribution in [2.45, 2.75) is 6.18 Å². The average Bonchev–Trinajstić information content (AvgIpc) is 2.24. The van der Waals surface area contributed by atoms with Crippen LogP contribution in [0.2, 0.25) is 0 Å². The normalized spacial score (nSPS) is 11.1. The van der Waals surface area contributed by atoms with Gasteiger partial charge in [0.15, 0.2) is 0 Å². The summed E-state index contributed by atoms with van der Waals surface area (Å²) in [5.74, 6) is -0.973. The zero-order valence-electron chi connectivity index (χ0n) is 8.91. The van der Waals surface area contributed by atoms with E-state index in [1.54, 1.807) is 0 Å². The van der Waals surface area contributed by atoms with Gasteiger partial charge in [0.05, 0.1) is 12.1 Å². The number of aromatic nitrogens is 1. The Bertz CT molecular complexity index is 489. The molecule has 1 amide bonds. The van der Waals surface area contributed by atoms with Gasteiger partial charge in [0.25, 0.3) is 0 Å². The molecule has 5 N–H and O–H groups in total. The van der Waals surface area contributed by atoms with Crippen LogP contribution in [-0.4, -0.2) is 22.4 Å². The number of hydrogen-bond acceptors (Lipinski definition) is 4. The van der Waals surface area contributed by atoms with Gasteiger partial charge in [-0.15, -0.1) is 0 Å². The molecule has 1 heterocycles. The van der Waals surface area contributed by atoms with Crippen molar-refractivity contribution >= 4 is 28.9 Å². The third-order valence-electron chi connectivity index (χ3n) is 1.88. The predicted molar refractivity (Wildman–Crippen MR) is 62.8 cm³/mol. The predicted octanol–water partition coefficient (Wildman–Crippen LogP) is 0.632. The Kier molecular flexibility index (Phi) is 4.07. The Morgan fingerprint density at radius 1 is 1.39 bits per heavy atom. The van der Waals surface area contributed by atoms with Gasteiger partial charge in [-0.05, 0) is 12.1 Å². The molecule has 0 unspecified atom stereocenters. The second-order valence-electron chi connectivity index (χ2n) is 3.27. The van der Waals surface area contributed by atoms with E-state index in [2.05, 4.69) is 22.5 Å². The molecule has 0 aromatic carbocycles. The van der Waals surface area contributed by atoms with Crippen LogP contribution in [0.3, 0.4) is 0 Å². The van der Waals surface area contributed by atoms with Crippen molar-refractivity contribution in [3.05, 3.63) is 23.4 Å². The number of hydrogen-bond donors (Lipinski definition) is 3. The lowest BCUT2D eigenvalue weighted by Gasteiger charge is -2.12. The van der Waals surface area contributed by atoms with Crippen LogP contribution in [0.4, 0.5) is 19.0 Å². The number of thiocarbonyl (C=S) groups is 1. The number of pyridine rings is 1. The van der Waals surface area contributed by atoms with Crippen LogP contribution in [0.25, 0.3) is 0 Å². The summed E-state index contributed by atoms with van der Waals surface area (Å²) in [7, 11) is 0. The molecule has 0 aliphatic carbocycles. The highest BCUT2D eigenvalue weighted by Crippen LogP contribution is 2.29. The van der Waals surface area contributed by atoms with Crippen LogP contribution in [0, 0.1) is 0 Å². The molecule has 0 radical (unpaired) electrons. The van der Waals surface area contributed by atoms with Crippen molar-refractivity contribution in [2.75, 3.05) is 11.9 Å².